The number of carbonyl (C=O) groups is 2. The molecule has 0 radical (unpaired) electrons. The predicted molar refractivity (Wildman–Crippen MR) is 70.1 cm³/mol. The molecule has 3 N–H and O–H groups in total. The molecule has 0 bridgehead atoms. The summed E-state index contributed by atoms with van der Waals surface area (Å²) >= 11 is 0. The van der Waals surface area contributed by atoms with Gasteiger partial charge in [-0.1, -0.05) is 30.3 Å². The summed E-state index contributed by atoms with van der Waals surface area (Å²) in [5.74, 6) is -0.227. The standard InChI is InChI=1S/C14H18N2O3/c17-12(10-4-2-1-3-5-10)14(19)16-9-8-15-13(18)11-6-7-11/h1-5,11-12,17H,6-9H2,(H,15,18)(H,16,19). The fourth-order valence-corrected chi connectivity index (χ4v) is 1.74. The summed E-state index contributed by atoms with van der Waals surface area (Å²) in [5, 5.41) is 15.1. The zero-order chi connectivity index (χ0) is 13.7. The Bertz CT molecular complexity index is 443. The molecule has 1 atom stereocenters. The summed E-state index contributed by atoms with van der Waals surface area (Å²) in [5.41, 5.74) is 0.557. The average molecular weight is 262 g/mol. The molecule has 1 aliphatic rings. The Hall–Kier alpha value is -1.88. The third kappa shape index (κ3) is 4.06. The number of aliphatic hydroxyl groups excluding tert-OH is 1. The smallest absolute Gasteiger partial charge is 0.253 e. The van der Waals surface area contributed by atoms with Gasteiger partial charge in [-0.3, -0.25) is 9.59 Å². The Balaban J connectivity index is 1.67. The van der Waals surface area contributed by atoms with E-state index >= 15 is 0 Å². The van der Waals surface area contributed by atoms with Crippen LogP contribution >= 0.6 is 0 Å². The van der Waals surface area contributed by atoms with Crippen molar-refractivity contribution in [2.75, 3.05) is 13.1 Å². The minimum absolute atomic E-state index is 0.0536. The van der Waals surface area contributed by atoms with Gasteiger partial charge in [-0.25, -0.2) is 0 Å². The van der Waals surface area contributed by atoms with E-state index in [0.29, 0.717) is 18.7 Å². The van der Waals surface area contributed by atoms with E-state index in [-0.39, 0.29) is 11.8 Å². The number of benzene rings is 1. The maximum absolute atomic E-state index is 11.7. The molecule has 0 spiro atoms. The molecule has 102 valence electrons. The highest BCUT2D eigenvalue weighted by molar-refractivity contribution is 5.82. The maximum atomic E-state index is 11.7. The van der Waals surface area contributed by atoms with E-state index in [1.54, 1.807) is 24.3 Å². The summed E-state index contributed by atoms with van der Waals surface area (Å²) in [6, 6.07) is 8.74. The van der Waals surface area contributed by atoms with Gasteiger partial charge in [0.05, 0.1) is 0 Å². The van der Waals surface area contributed by atoms with Crippen LogP contribution in [-0.4, -0.2) is 30.0 Å². The molecule has 0 aromatic heterocycles. The number of aliphatic hydroxyl groups is 1. The van der Waals surface area contributed by atoms with Crippen molar-refractivity contribution in [3.63, 3.8) is 0 Å². The van der Waals surface area contributed by atoms with Crippen molar-refractivity contribution in [2.45, 2.75) is 18.9 Å². The molecule has 19 heavy (non-hydrogen) atoms. The first kappa shape index (κ1) is 13.5. The highest BCUT2D eigenvalue weighted by Gasteiger charge is 2.29. The van der Waals surface area contributed by atoms with E-state index in [1.807, 2.05) is 6.07 Å². The van der Waals surface area contributed by atoms with Crippen LogP contribution in [-0.2, 0) is 9.59 Å². The second kappa shape index (κ2) is 6.33. The highest BCUT2D eigenvalue weighted by Crippen LogP contribution is 2.28. The molecule has 5 heteroatoms. The SMILES string of the molecule is O=C(NCCNC(=O)C(O)c1ccccc1)C1CC1. The lowest BCUT2D eigenvalue weighted by molar-refractivity contribution is -0.130. The molecule has 1 saturated carbocycles. The topological polar surface area (TPSA) is 78.4 Å². The zero-order valence-corrected chi connectivity index (χ0v) is 10.6. The fourth-order valence-electron chi connectivity index (χ4n) is 1.74. The van der Waals surface area contributed by atoms with E-state index in [2.05, 4.69) is 10.6 Å². The third-order valence-electron chi connectivity index (χ3n) is 3.04. The highest BCUT2D eigenvalue weighted by atomic mass is 16.3. The second-order valence-corrected chi connectivity index (χ2v) is 4.67. The molecule has 2 amide bonds. The number of rotatable bonds is 6. The van der Waals surface area contributed by atoms with Crippen LogP contribution in [0, 0.1) is 5.92 Å². The normalized spacial score (nSPS) is 15.6. The van der Waals surface area contributed by atoms with E-state index in [0.717, 1.165) is 12.8 Å². The van der Waals surface area contributed by atoms with Gasteiger partial charge in [-0.2, -0.15) is 0 Å². The first-order valence-electron chi connectivity index (χ1n) is 6.47. The number of hydrogen-bond acceptors (Lipinski definition) is 3. The lowest BCUT2D eigenvalue weighted by atomic mass is 10.1. The molecule has 1 aromatic rings. The molecule has 1 unspecified atom stereocenters. The Morgan fingerprint density at radius 3 is 2.42 bits per heavy atom. The van der Waals surface area contributed by atoms with Crippen molar-refractivity contribution < 1.29 is 14.7 Å². The fraction of sp³-hybridized carbons (Fsp3) is 0.429. The monoisotopic (exact) mass is 262 g/mol. The van der Waals surface area contributed by atoms with Crippen molar-refractivity contribution >= 4 is 11.8 Å². The first-order chi connectivity index (χ1) is 9.18. The third-order valence-corrected chi connectivity index (χ3v) is 3.04. The lowest BCUT2D eigenvalue weighted by Gasteiger charge is -2.11. The molecule has 5 nitrogen and oxygen atoms in total. The molecule has 2 rings (SSSR count). The molecular weight excluding hydrogens is 244 g/mol. The molecule has 1 aliphatic carbocycles. The van der Waals surface area contributed by atoms with Crippen molar-refractivity contribution in [3.8, 4) is 0 Å². The van der Waals surface area contributed by atoms with E-state index in [1.165, 1.54) is 0 Å². The summed E-state index contributed by atoms with van der Waals surface area (Å²) in [4.78, 5) is 23.0. The van der Waals surface area contributed by atoms with Crippen LogP contribution < -0.4 is 10.6 Å². The van der Waals surface area contributed by atoms with Crippen molar-refractivity contribution in [1.29, 1.82) is 0 Å². The van der Waals surface area contributed by atoms with E-state index in [9.17, 15) is 14.7 Å². The second-order valence-electron chi connectivity index (χ2n) is 4.67. The van der Waals surface area contributed by atoms with Crippen LogP contribution in [0.3, 0.4) is 0 Å². The number of carbonyl (C=O) groups excluding carboxylic acids is 2. The van der Waals surface area contributed by atoms with Crippen LogP contribution in [0.1, 0.15) is 24.5 Å². The number of hydrogen-bond donors (Lipinski definition) is 3. The Morgan fingerprint density at radius 2 is 1.79 bits per heavy atom. The van der Waals surface area contributed by atoms with Gasteiger partial charge in [0.25, 0.3) is 5.91 Å². The van der Waals surface area contributed by atoms with Gasteiger partial charge < -0.3 is 15.7 Å². The summed E-state index contributed by atoms with van der Waals surface area (Å²) in [7, 11) is 0. The minimum atomic E-state index is -1.17. The van der Waals surface area contributed by atoms with Crippen LogP contribution in [0.25, 0.3) is 0 Å². The maximum Gasteiger partial charge on any atom is 0.253 e. The summed E-state index contributed by atoms with van der Waals surface area (Å²) in [6.07, 6.45) is 0.760. The summed E-state index contributed by atoms with van der Waals surface area (Å²) in [6.45, 7) is 0.712. The van der Waals surface area contributed by atoms with Crippen molar-refractivity contribution in [2.24, 2.45) is 5.92 Å². The Morgan fingerprint density at radius 1 is 1.16 bits per heavy atom. The molecule has 0 heterocycles. The number of nitrogens with one attached hydrogen (secondary N) is 2. The molecule has 1 aromatic carbocycles. The van der Waals surface area contributed by atoms with Crippen LogP contribution in [0.4, 0.5) is 0 Å². The average Bonchev–Trinajstić information content (AvgIpc) is 3.27. The van der Waals surface area contributed by atoms with Gasteiger partial charge in [0, 0.05) is 19.0 Å². The lowest BCUT2D eigenvalue weighted by Crippen LogP contribution is -2.37. The minimum Gasteiger partial charge on any atom is -0.378 e. The number of amides is 2. The quantitative estimate of drug-likeness (QED) is 0.648. The van der Waals surface area contributed by atoms with Gasteiger partial charge in [0.2, 0.25) is 5.91 Å². The van der Waals surface area contributed by atoms with Gasteiger partial charge >= 0.3 is 0 Å². The molecule has 0 aliphatic heterocycles. The van der Waals surface area contributed by atoms with Crippen molar-refractivity contribution in [3.05, 3.63) is 35.9 Å². The molecule has 1 fully saturated rings. The largest absolute Gasteiger partial charge is 0.378 e. The molecule has 0 saturated heterocycles. The van der Waals surface area contributed by atoms with Gasteiger partial charge in [-0.15, -0.1) is 0 Å². The van der Waals surface area contributed by atoms with Crippen LogP contribution in [0.15, 0.2) is 30.3 Å². The zero-order valence-electron chi connectivity index (χ0n) is 10.6. The first-order valence-corrected chi connectivity index (χ1v) is 6.47. The Kier molecular flexibility index (Phi) is 4.52. The molecular formula is C14H18N2O3. The van der Waals surface area contributed by atoms with E-state index < -0.39 is 12.0 Å². The van der Waals surface area contributed by atoms with Crippen LogP contribution in [0.5, 0.6) is 0 Å². The van der Waals surface area contributed by atoms with E-state index in [4.69, 9.17) is 0 Å². The van der Waals surface area contributed by atoms with Gasteiger partial charge in [0.15, 0.2) is 6.10 Å². The summed E-state index contributed by atoms with van der Waals surface area (Å²) < 4.78 is 0. The van der Waals surface area contributed by atoms with Crippen molar-refractivity contribution in [1.82, 2.24) is 10.6 Å². The predicted octanol–water partition coefficient (Wildman–Crippen LogP) is 0.362. The van der Waals surface area contributed by atoms with Gasteiger partial charge in [0.1, 0.15) is 0 Å². The van der Waals surface area contributed by atoms with Crippen LogP contribution in [0.2, 0.25) is 0 Å². The Labute approximate surface area is 112 Å². The van der Waals surface area contributed by atoms with Gasteiger partial charge in [-0.05, 0) is 18.4 Å².